The lowest BCUT2D eigenvalue weighted by atomic mass is 10.2. The van der Waals surface area contributed by atoms with E-state index < -0.39 is 0 Å². The molecule has 0 radical (unpaired) electrons. The van der Waals surface area contributed by atoms with Gasteiger partial charge in [0.25, 0.3) is 5.91 Å². The number of anilines is 2. The number of hydrazone groups is 1. The molecule has 2 heterocycles. The first-order chi connectivity index (χ1) is 13.1. The fraction of sp³-hybridized carbons (Fsp3) is 0.150. The lowest BCUT2D eigenvalue weighted by molar-refractivity contribution is 0.0998. The van der Waals surface area contributed by atoms with Crippen molar-refractivity contribution in [3.8, 4) is 0 Å². The summed E-state index contributed by atoms with van der Waals surface area (Å²) in [5.41, 5.74) is 6.14. The molecule has 7 heteroatoms. The number of rotatable bonds is 5. The first kappa shape index (κ1) is 17.2. The van der Waals surface area contributed by atoms with Crippen LogP contribution in [-0.2, 0) is 0 Å². The second-order valence-corrected chi connectivity index (χ2v) is 7.15. The molecule has 4 aromatic rings. The van der Waals surface area contributed by atoms with Crippen molar-refractivity contribution in [2.24, 2.45) is 5.10 Å². The van der Waals surface area contributed by atoms with Gasteiger partial charge in [-0.3, -0.25) is 10.2 Å². The van der Waals surface area contributed by atoms with Crippen LogP contribution in [0, 0.1) is 0 Å². The van der Waals surface area contributed by atoms with Gasteiger partial charge in [-0.2, -0.15) is 5.10 Å². The normalized spacial score (nSPS) is 11.9. The van der Waals surface area contributed by atoms with E-state index in [-0.39, 0.29) is 11.7 Å². The molecule has 0 fully saturated rings. The summed E-state index contributed by atoms with van der Waals surface area (Å²) in [5.74, 6) is -0.0105. The van der Waals surface area contributed by atoms with Gasteiger partial charge in [0.15, 0.2) is 5.76 Å². The summed E-state index contributed by atoms with van der Waals surface area (Å²) in [6.45, 7) is 4.02. The Morgan fingerprint density at radius 2 is 2.07 bits per heavy atom. The highest BCUT2D eigenvalue weighted by Gasteiger charge is 2.13. The number of furan rings is 1. The summed E-state index contributed by atoms with van der Waals surface area (Å²) >= 11 is 1.52. The van der Waals surface area contributed by atoms with Gasteiger partial charge in [0.05, 0.1) is 10.2 Å². The second kappa shape index (κ2) is 7.20. The van der Waals surface area contributed by atoms with Crippen LogP contribution < -0.4 is 10.7 Å². The van der Waals surface area contributed by atoms with E-state index in [9.17, 15) is 4.79 Å². The molecule has 0 bridgehead atoms. The van der Waals surface area contributed by atoms with Gasteiger partial charge in [0.1, 0.15) is 5.58 Å². The predicted molar refractivity (Wildman–Crippen MR) is 111 cm³/mol. The lowest BCUT2D eigenvalue weighted by Crippen LogP contribution is -2.10. The van der Waals surface area contributed by atoms with Crippen molar-refractivity contribution in [2.45, 2.75) is 20.3 Å². The first-order valence-corrected chi connectivity index (χ1v) is 9.43. The largest absolute Gasteiger partial charge is 0.451 e. The Morgan fingerprint density at radius 3 is 2.89 bits per heavy atom. The van der Waals surface area contributed by atoms with Gasteiger partial charge in [-0.1, -0.05) is 36.5 Å². The molecule has 0 atom stereocenters. The zero-order chi connectivity index (χ0) is 18.8. The van der Waals surface area contributed by atoms with Gasteiger partial charge in [0.2, 0.25) is 5.13 Å². The van der Waals surface area contributed by atoms with E-state index in [4.69, 9.17) is 4.42 Å². The molecule has 0 spiro atoms. The maximum absolute atomic E-state index is 12.5. The summed E-state index contributed by atoms with van der Waals surface area (Å²) in [6, 6.07) is 14.9. The van der Waals surface area contributed by atoms with Crippen molar-refractivity contribution < 1.29 is 9.21 Å². The summed E-state index contributed by atoms with van der Waals surface area (Å²) in [5, 5.41) is 8.76. The van der Waals surface area contributed by atoms with E-state index >= 15 is 0 Å². The Balaban J connectivity index is 1.53. The highest BCUT2D eigenvalue weighted by atomic mass is 32.1. The third kappa shape index (κ3) is 3.68. The molecule has 2 aromatic carbocycles. The molecule has 0 unspecified atom stereocenters. The number of hydrogen-bond acceptors (Lipinski definition) is 6. The van der Waals surface area contributed by atoms with E-state index in [0.29, 0.717) is 11.3 Å². The molecule has 1 amide bonds. The Kier molecular flexibility index (Phi) is 4.60. The molecule has 6 nitrogen and oxygen atoms in total. The molecular weight excluding hydrogens is 360 g/mol. The molecule has 27 heavy (non-hydrogen) atoms. The van der Waals surface area contributed by atoms with Crippen LogP contribution in [0.3, 0.4) is 0 Å². The molecule has 0 saturated carbocycles. The van der Waals surface area contributed by atoms with Crippen molar-refractivity contribution in [1.29, 1.82) is 0 Å². The SMILES string of the molecule is CC/C(C)=N/Nc1nc2cc(NC(=O)c3cc4ccccc4o3)ccc2s1. The van der Waals surface area contributed by atoms with Crippen LogP contribution in [-0.4, -0.2) is 16.6 Å². The number of nitrogens with one attached hydrogen (secondary N) is 2. The summed E-state index contributed by atoms with van der Waals surface area (Å²) in [4.78, 5) is 17.0. The van der Waals surface area contributed by atoms with E-state index in [0.717, 1.165) is 32.9 Å². The lowest BCUT2D eigenvalue weighted by Gasteiger charge is -2.02. The first-order valence-electron chi connectivity index (χ1n) is 8.62. The molecule has 136 valence electrons. The van der Waals surface area contributed by atoms with Gasteiger partial charge >= 0.3 is 0 Å². The van der Waals surface area contributed by atoms with Gasteiger partial charge in [0, 0.05) is 16.8 Å². The number of thiazole rings is 1. The fourth-order valence-corrected chi connectivity index (χ4v) is 3.35. The smallest absolute Gasteiger partial charge is 0.291 e. The van der Waals surface area contributed by atoms with Crippen LogP contribution in [0.1, 0.15) is 30.8 Å². The average molecular weight is 378 g/mol. The van der Waals surface area contributed by atoms with Crippen molar-refractivity contribution >= 4 is 55.0 Å². The van der Waals surface area contributed by atoms with Crippen molar-refractivity contribution in [1.82, 2.24) is 4.98 Å². The van der Waals surface area contributed by atoms with Gasteiger partial charge < -0.3 is 9.73 Å². The van der Waals surface area contributed by atoms with Crippen LogP contribution in [0.25, 0.3) is 21.2 Å². The number of aromatic nitrogens is 1. The van der Waals surface area contributed by atoms with E-state index in [1.807, 2.05) is 49.4 Å². The van der Waals surface area contributed by atoms with E-state index in [1.54, 1.807) is 6.07 Å². The zero-order valence-electron chi connectivity index (χ0n) is 14.9. The second-order valence-electron chi connectivity index (χ2n) is 6.12. The number of hydrogen-bond donors (Lipinski definition) is 2. The molecule has 2 aromatic heterocycles. The number of carbonyl (C=O) groups excluding carboxylic acids is 1. The van der Waals surface area contributed by atoms with Crippen LogP contribution in [0.4, 0.5) is 10.8 Å². The Morgan fingerprint density at radius 1 is 1.22 bits per heavy atom. The number of para-hydroxylation sites is 1. The minimum Gasteiger partial charge on any atom is -0.451 e. The summed E-state index contributed by atoms with van der Waals surface area (Å²) in [7, 11) is 0. The maximum Gasteiger partial charge on any atom is 0.291 e. The number of carbonyl (C=O) groups is 1. The Labute approximate surface area is 159 Å². The molecule has 0 saturated heterocycles. The molecule has 0 aliphatic carbocycles. The van der Waals surface area contributed by atoms with Crippen LogP contribution in [0.2, 0.25) is 0 Å². The average Bonchev–Trinajstić information content (AvgIpc) is 3.29. The number of amides is 1. The quantitative estimate of drug-likeness (QED) is 0.355. The van der Waals surface area contributed by atoms with E-state index in [2.05, 4.69) is 27.8 Å². The molecular formula is C20H18N4O2S. The topological polar surface area (TPSA) is 79.5 Å². The van der Waals surface area contributed by atoms with Gasteiger partial charge in [-0.05, 0) is 43.7 Å². The highest BCUT2D eigenvalue weighted by molar-refractivity contribution is 7.22. The molecule has 4 rings (SSSR count). The Bertz CT molecular complexity index is 1130. The number of benzene rings is 2. The fourth-order valence-electron chi connectivity index (χ4n) is 2.56. The van der Waals surface area contributed by atoms with Crippen molar-refractivity contribution in [3.05, 3.63) is 54.3 Å². The van der Waals surface area contributed by atoms with Crippen LogP contribution in [0.5, 0.6) is 0 Å². The van der Waals surface area contributed by atoms with Gasteiger partial charge in [-0.15, -0.1) is 0 Å². The predicted octanol–water partition coefficient (Wildman–Crippen LogP) is 5.49. The minimum absolute atomic E-state index is 0.279. The van der Waals surface area contributed by atoms with Crippen LogP contribution >= 0.6 is 11.3 Å². The van der Waals surface area contributed by atoms with Gasteiger partial charge in [-0.25, -0.2) is 4.98 Å². The summed E-state index contributed by atoms with van der Waals surface area (Å²) in [6.07, 6.45) is 0.885. The third-order valence-electron chi connectivity index (χ3n) is 4.15. The van der Waals surface area contributed by atoms with E-state index in [1.165, 1.54) is 11.3 Å². The highest BCUT2D eigenvalue weighted by Crippen LogP contribution is 2.28. The third-order valence-corrected chi connectivity index (χ3v) is 5.09. The van der Waals surface area contributed by atoms with Crippen molar-refractivity contribution in [2.75, 3.05) is 10.7 Å². The zero-order valence-corrected chi connectivity index (χ0v) is 15.8. The molecule has 0 aliphatic heterocycles. The molecule has 2 N–H and O–H groups in total. The van der Waals surface area contributed by atoms with Crippen LogP contribution in [0.15, 0.2) is 58.0 Å². The number of fused-ring (bicyclic) bond motifs is 2. The Hall–Kier alpha value is -3.19. The van der Waals surface area contributed by atoms with Crippen molar-refractivity contribution in [3.63, 3.8) is 0 Å². The minimum atomic E-state index is -0.290. The summed E-state index contributed by atoms with van der Waals surface area (Å²) < 4.78 is 6.63. The molecule has 0 aliphatic rings. The maximum atomic E-state index is 12.5. The number of nitrogens with zero attached hydrogens (tertiary/aromatic N) is 2. The monoisotopic (exact) mass is 378 g/mol. The standard InChI is InChI=1S/C20H18N4O2S/c1-3-12(2)23-24-20-22-15-11-14(8-9-18(15)27-20)21-19(25)17-10-13-6-4-5-7-16(13)26-17/h4-11H,3H2,1-2H3,(H,21,25)(H,22,24)/b23-12+.